The van der Waals surface area contributed by atoms with Gasteiger partial charge in [-0.05, 0) is 43.0 Å². The molecule has 8 heteroatoms. The van der Waals surface area contributed by atoms with Crippen molar-refractivity contribution in [1.82, 2.24) is 19.4 Å². The molecule has 1 amide bonds. The number of pyridine rings is 1. The molecule has 1 aromatic carbocycles. The first-order chi connectivity index (χ1) is 13.9. The molecule has 0 atom stereocenters. The van der Waals surface area contributed by atoms with Crippen molar-refractivity contribution in [1.29, 1.82) is 0 Å². The molecule has 2 heterocycles. The first-order valence-electron chi connectivity index (χ1n) is 9.31. The van der Waals surface area contributed by atoms with Gasteiger partial charge in [0.2, 0.25) is 0 Å². The van der Waals surface area contributed by atoms with Crippen molar-refractivity contribution in [3.8, 4) is 11.3 Å². The van der Waals surface area contributed by atoms with Crippen LogP contribution in [0.25, 0.3) is 11.3 Å². The van der Waals surface area contributed by atoms with Gasteiger partial charge in [0.1, 0.15) is 11.5 Å². The molecular formula is C21H19F3N4O. The first kappa shape index (κ1) is 19.2. The van der Waals surface area contributed by atoms with E-state index in [1.165, 1.54) is 6.20 Å². The van der Waals surface area contributed by atoms with Crippen LogP contribution in [0, 0.1) is 17.5 Å². The van der Waals surface area contributed by atoms with Gasteiger partial charge in [-0.1, -0.05) is 0 Å². The SMILES string of the molecule is Cn1cnc(C(=O)N(Cc2ccnc(-c3cc(F)c(F)cc3F)c2)C2CCC2)c1. The Balaban J connectivity index is 1.63. The fourth-order valence-corrected chi connectivity index (χ4v) is 3.37. The van der Waals surface area contributed by atoms with E-state index in [-0.39, 0.29) is 23.2 Å². The van der Waals surface area contributed by atoms with Crippen LogP contribution in [-0.2, 0) is 13.6 Å². The van der Waals surface area contributed by atoms with Crippen LogP contribution in [-0.4, -0.2) is 31.4 Å². The number of halogens is 3. The molecule has 0 unspecified atom stereocenters. The molecule has 0 bridgehead atoms. The Morgan fingerprint density at radius 2 is 1.90 bits per heavy atom. The second-order valence-corrected chi connectivity index (χ2v) is 7.24. The summed E-state index contributed by atoms with van der Waals surface area (Å²) in [6.07, 6.45) is 7.59. The lowest BCUT2D eigenvalue weighted by molar-refractivity contribution is 0.0551. The molecule has 0 saturated heterocycles. The molecule has 0 aliphatic heterocycles. The number of carbonyl (C=O) groups excluding carboxylic acids is 1. The van der Waals surface area contributed by atoms with E-state index in [0.29, 0.717) is 18.3 Å². The number of nitrogens with zero attached hydrogens (tertiary/aromatic N) is 4. The lowest BCUT2D eigenvalue weighted by Crippen LogP contribution is -2.43. The summed E-state index contributed by atoms with van der Waals surface area (Å²) in [5, 5.41) is 0. The summed E-state index contributed by atoms with van der Waals surface area (Å²) in [7, 11) is 1.79. The van der Waals surface area contributed by atoms with Crippen LogP contribution in [0.4, 0.5) is 13.2 Å². The van der Waals surface area contributed by atoms with E-state index in [1.54, 1.807) is 41.2 Å². The Bertz CT molecular complexity index is 1060. The third kappa shape index (κ3) is 3.87. The molecule has 1 saturated carbocycles. The minimum Gasteiger partial charge on any atom is -0.340 e. The molecule has 4 rings (SSSR count). The lowest BCUT2D eigenvalue weighted by atomic mass is 9.90. The highest BCUT2D eigenvalue weighted by molar-refractivity contribution is 5.92. The number of carbonyl (C=O) groups is 1. The number of hydrogen-bond donors (Lipinski definition) is 0. The number of aryl methyl sites for hydroxylation is 1. The molecule has 150 valence electrons. The molecular weight excluding hydrogens is 381 g/mol. The predicted octanol–water partition coefficient (Wildman–Crippen LogP) is 4.09. The van der Waals surface area contributed by atoms with Gasteiger partial charge in [0, 0.05) is 43.7 Å². The summed E-state index contributed by atoms with van der Waals surface area (Å²) in [4.78, 5) is 23.0. The topological polar surface area (TPSA) is 51.0 Å². The van der Waals surface area contributed by atoms with E-state index in [9.17, 15) is 18.0 Å². The van der Waals surface area contributed by atoms with E-state index in [1.807, 2.05) is 0 Å². The normalized spacial score (nSPS) is 13.9. The van der Waals surface area contributed by atoms with Crippen molar-refractivity contribution >= 4 is 5.91 Å². The zero-order valence-electron chi connectivity index (χ0n) is 15.8. The lowest BCUT2D eigenvalue weighted by Gasteiger charge is -2.37. The Hall–Kier alpha value is -3.16. The first-order valence-corrected chi connectivity index (χ1v) is 9.31. The highest BCUT2D eigenvalue weighted by atomic mass is 19.2. The van der Waals surface area contributed by atoms with E-state index < -0.39 is 17.5 Å². The van der Waals surface area contributed by atoms with E-state index in [2.05, 4.69) is 9.97 Å². The third-order valence-electron chi connectivity index (χ3n) is 5.16. The maximum Gasteiger partial charge on any atom is 0.274 e. The maximum absolute atomic E-state index is 14.1. The molecule has 1 fully saturated rings. The molecule has 0 spiro atoms. The van der Waals surface area contributed by atoms with Crippen molar-refractivity contribution in [3.05, 3.63) is 71.7 Å². The standard InChI is InChI=1S/C21H19F3N4O/c1-27-11-20(26-12-27)21(29)28(14-3-2-4-14)10-13-5-6-25-19(7-13)15-8-17(23)18(24)9-16(15)22/h5-9,11-12,14H,2-4,10H2,1H3. The summed E-state index contributed by atoms with van der Waals surface area (Å²) in [6, 6.07) is 4.72. The highest BCUT2D eigenvalue weighted by Gasteiger charge is 2.30. The van der Waals surface area contributed by atoms with Gasteiger partial charge < -0.3 is 9.47 Å². The van der Waals surface area contributed by atoms with Crippen molar-refractivity contribution in [2.45, 2.75) is 31.8 Å². The van der Waals surface area contributed by atoms with Gasteiger partial charge >= 0.3 is 0 Å². The largest absolute Gasteiger partial charge is 0.340 e. The number of aromatic nitrogens is 3. The number of amides is 1. The molecule has 0 N–H and O–H groups in total. The Morgan fingerprint density at radius 3 is 2.55 bits per heavy atom. The third-order valence-corrected chi connectivity index (χ3v) is 5.16. The van der Waals surface area contributed by atoms with E-state index in [4.69, 9.17) is 0 Å². The van der Waals surface area contributed by atoms with Gasteiger partial charge in [-0.25, -0.2) is 18.2 Å². The van der Waals surface area contributed by atoms with Crippen LogP contribution in [0.2, 0.25) is 0 Å². The molecule has 1 aliphatic carbocycles. The molecule has 3 aromatic rings. The summed E-state index contributed by atoms with van der Waals surface area (Å²) in [5.74, 6) is -3.46. The van der Waals surface area contributed by atoms with Gasteiger partial charge in [-0.15, -0.1) is 0 Å². The van der Waals surface area contributed by atoms with Crippen LogP contribution in [0.15, 0.2) is 43.0 Å². The average Bonchev–Trinajstić information content (AvgIpc) is 3.09. The fourth-order valence-electron chi connectivity index (χ4n) is 3.37. The van der Waals surface area contributed by atoms with Crippen LogP contribution >= 0.6 is 0 Å². The van der Waals surface area contributed by atoms with Gasteiger partial charge in [0.25, 0.3) is 5.91 Å². The van der Waals surface area contributed by atoms with Crippen molar-refractivity contribution in [2.24, 2.45) is 7.05 Å². The Morgan fingerprint density at radius 1 is 1.14 bits per heavy atom. The van der Waals surface area contributed by atoms with Gasteiger partial charge in [-0.3, -0.25) is 9.78 Å². The van der Waals surface area contributed by atoms with E-state index in [0.717, 1.165) is 30.9 Å². The Labute approximate surface area is 165 Å². The molecule has 29 heavy (non-hydrogen) atoms. The minimum absolute atomic E-state index is 0.112. The van der Waals surface area contributed by atoms with Crippen molar-refractivity contribution in [3.63, 3.8) is 0 Å². The number of rotatable bonds is 5. The summed E-state index contributed by atoms with van der Waals surface area (Å²) in [6.45, 7) is 0.293. The monoisotopic (exact) mass is 400 g/mol. The molecule has 5 nitrogen and oxygen atoms in total. The number of benzene rings is 1. The zero-order chi connectivity index (χ0) is 20.5. The summed E-state index contributed by atoms with van der Waals surface area (Å²) < 4.78 is 42.6. The predicted molar refractivity (Wildman–Crippen MR) is 100 cm³/mol. The minimum atomic E-state index is -1.25. The average molecular weight is 400 g/mol. The van der Waals surface area contributed by atoms with Crippen molar-refractivity contribution < 1.29 is 18.0 Å². The zero-order valence-corrected chi connectivity index (χ0v) is 15.8. The van der Waals surface area contributed by atoms with Crippen LogP contribution in [0.5, 0.6) is 0 Å². The van der Waals surface area contributed by atoms with Crippen LogP contribution < -0.4 is 0 Å². The smallest absolute Gasteiger partial charge is 0.274 e. The van der Waals surface area contributed by atoms with Crippen molar-refractivity contribution in [2.75, 3.05) is 0 Å². The molecule has 1 aliphatic rings. The Kier molecular flexibility index (Phi) is 5.08. The highest BCUT2D eigenvalue weighted by Crippen LogP contribution is 2.29. The molecule has 2 aromatic heterocycles. The second kappa shape index (κ2) is 7.69. The number of hydrogen-bond acceptors (Lipinski definition) is 3. The van der Waals surface area contributed by atoms with Gasteiger partial charge in [0.05, 0.1) is 12.0 Å². The van der Waals surface area contributed by atoms with E-state index >= 15 is 0 Å². The van der Waals surface area contributed by atoms with Crippen LogP contribution in [0.1, 0.15) is 35.3 Å². The summed E-state index contributed by atoms with van der Waals surface area (Å²) in [5.41, 5.74) is 1.13. The van der Waals surface area contributed by atoms with Crippen LogP contribution in [0.3, 0.4) is 0 Å². The molecule has 0 radical (unpaired) electrons. The second-order valence-electron chi connectivity index (χ2n) is 7.24. The number of imidazole rings is 1. The van der Waals surface area contributed by atoms with Gasteiger partial charge in [0.15, 0.2) is 11.6 Å². The maximum atomic E-state index is 14.1. The van der Waals surface area contributed by atoms with Gasteiger partial charge in [-0.2, -0.15) is 0 Å². The summed E-state index contributed by atoms with van der Waals surface area (Å²) >= 11 is 0. The quantitative estimate of drug-likeness (QED) is 0.606. The fraction of sp³-hybridized carbons (Fsp3) is 0.286.